The number of nitrogens with one attached hydrogen (secondary N) is 1. The highest BCUT2D eigenvalue weighted by Crippen LogP contribution is 2.29. The molecule has 0 spiro atoms. The zero-order chi connectivity index (χ0) is 19.8. The molecule has 1 aliphatic rings. The maximum Gasteiger partial charge on any atom is 0.227 e. The molecule has 3 aromatic rings. The summed E-state index contributed by atoms with van der Waals surface area (Å²) in [6.07, 6.45) is 2.02. The Kier molecular flexibility index (Phi) is 5.50. The summed E-state index contributed by atoms with van der Waals surface area (Å²) in [7, 11) is 0. The molecule has 1 saturated heterocycles. The molecule has 28 heavy (non-hydrogen) atoms. The van der Waals surface area contributed by atoms with Crippen LogP contribution in [0.4, 0.5) is 4.39 Å². The standard InChI is InChI=1S/C20H17Cl3FN3O/c21-13-4-11(5-14(22)7-13)6-19(28)27-3-1-2-12(10-27)20-25-17-8-15(23)16(24)9-18(17)26-20/h4-5,7-9,12H,1-3,6,10H2,(H,25,26). The number of aromatic amines is 1. The number of rotatable bonds is 3. The lowest BCUT2D eigenvalue weighted by Gasteiger charge is -2.32. The van der Waals surface area contributed by atoms with Crippen molar-refractivity contribution in [1.29, 1.82) is 0 Å². The van der Waals surface area contributed by atoms with Crippen molar-refractivity contribution in [1.82, 2.24) is 14.9 Å². The molecular formula is C20H17Cl3FN3O. The van der Waals surface area contributed by atoms with Crippen molar-refractivity contribution < 1.29 is 9.18 Å². The molecular weight excluding hydrogens is 424 g/mol. The molecule has 1 fully saturated rings. The zero-order valence-electron chi connectivity index (χ0n) is 14.8. The first-order chi connectivity index (χ1) is 13.4. The van der Waals surface area contributed by atoms with Crippen molar-refractivity contribution in [3.05, 3.63) is 62.6 Å². The number of imidazole rings is 1. The molecule has 1 amide bonds. The van der Waals surface area contributed by atoms with Crippen LogP contribution in [0.3, 0.4) is 0 Å². The topological polar surface area (TPSA) is 49.0 Å². The van der Waals surface area contributed by atoms with Crippen LogP contribution in [0.2, 0.25) is 15.1 Å². The fraction of sp³-hybridized carbons (Fsp3) is 0.300. The van der Waals surface area contributed by atoms with Crippen molar-refractivity contribution >= 4 is 51.7 Å². The maximum atomic E-state index is 13.7. The number of hydrogen-bond acceptors (Lipinski definition) is 2. The fourth-order valence-corrected chi connectivity index (χ4v) is 4.37. The number of benzene rings is 2. The summed E-state index contributed by atoms with van der Waals surface area (Å²) in [5.74, 6) is 0.355. The first-order valence-corrected chi connectivity index (χ1v) is 10.1. The highest BCUT2D eigenvalue weighted by molar-refractivity contribution is 6.34. The smallest absolute Gasteiger partial charge is 0.227 e. The highest BCUT2D eigenvalue weighted by Gasteiger charge is 2.27. The number of halogens is 4. The SMILES string of the molecule is O=C(Cc1cc(Cl)cc(Cl)c1)N1CCCC(c2nc3cc(Cl)c(F)cc3[nH]2)C1. The van der Waals surface area contributed by atoms with E-state index in [1.807, 2.05) is 4.90 Å². The Morgan fingerprint density at radius 2 is 1.93 bits per heavy atom. The summed E-state index contributed by atoms with van der Waals surface area (Å²) in [6.45, 7) is 1.26. The first-order valence-electron chi connectivity index (χ1n) is 8.96. The maximum absolute atomic E-state index is 13.7. The third-order valence-electron chi connectivity index (χ3n) is 4.98. The average Bonchev–Trinajstić information content (AvgIpc) is 3.04. The Morgan fingerprint density at radius 1 is 1.18 bits per heavy atom. The molecule has 4 rings (SSSR count). The normalized spacial score (nSPS) is 17.3. The van der Waals surface area contributed by atoms with E-state index >= 15 is 0 Å². The minimum Gasteiger partial charge on any atom is -0.342 e. The molecule has 1 atom stereocenters. The van der Waals surface area contributed by atoms with Crippen LogP contribution in [0.25, 0.3) is 11.0 Å². The van der Waals surface area contributed by atoms with Gasteiger partial charge in [-0.3, -0.25) is 4.79 Å². The zero-order valence-corrected chi connectivity index (χ0v) is 17.1. The minimum absolute atomic E-state index is 0.0215. The van der Waals surface area contributed by atoms with E-state index < -0.39 is 5.82 Å². The van der Waals surface area contributed by atoms with Gasteiger partial charge in [-0.05, 0) is 42.7 Å². The van der Waals surface area contributed by atoms with Crippen LogP contribution >= 0.6 is 34.8 Å². The summed E-state index contributed by atoms with van der Waals surface area (Å²) in [4.78, 5) is 22.3. The summed E-state index contributed by atoms with van der Waals surface area (Å²) in [6, 6.07) is 8.02. The minimum atomic E-state index is -0.481. The predicted octanol–water partition coefficient (Wildman–Crippen LogP) is 5.61. The first kappa shape index (κ1) is 19.5. The molecule has 0 radical (unpaired) electrons. The number of fused-ring (bicyclic) bond motifs is 1. The second-order valence-corrected chi connectivity index (χ2v) is 8.32. The van der Waals surface area contributed by atoms with E-state index in [2.05, 4.69) is 9.97 Å². The van der Waals surface area contributed by atoms with Crippen LogP contribution in [-0.2, 0) is 11.2 Å². The number of carbonyl (C=O) groups excluding carboxylic acids is 1. The number of carbonyl (C=O) groups is 1. The van der Waals surface area contributed by atoms with E-state index in [-0.39, 0.29) is 23.3 Å². The van der Waals surface area contributed by atoms with Crippen LogP contribution in [-0.4, -0.2) is 33.9 Å². The Morgan fingerprint density at radius 3 is 2.68 bits per heavy atom. The van der Waals surface area contributed by atoms with Gasteiger partial charge in [0.15, 0.2) is 0 Å². The van der Waals surface area contributed by atoms with E-state index in [1.54, 1.807) is 18.2 Å². The van der Waals surface area contributed by atoms with Gasteiger partial charge in [0.25, 0.3) is 0 Å². The molecule has 146 valence electrons. The summed E-state index contributed by atoms with van der Waals surface area (Å²) in [5.41, 5.74) is 2.02. The Bertz CT molecular complexity index is 993. The van der Waals surface area contributed by atoms with Crippen LogP contribution in [0, 0.1) is 5.82 Å². The van der Waals surface area contributed by atoms with Gasteiger partial charge in [-0.1, -0.05) is 34.8 Å². The molecule has 1 aromatic heterocycles. The monoisotopic (exact) mass is 439 g/mol. The number of piperidine rings is 1. The van der Waals surface area contributed by atoms with E-state index in [4.69, 9.17) is 34.8 Å². The van der Waals surface area contributed by atoms with Gasteiger partial charge in [-0.15, -0.1) is 0 Å². The number of amides is 1. The number of H-pyrrole nitrogens is 1. The van der Waals surface area contributed by atoms with Crippen molar-refractivity contribution in [2.45, 2.75) is 25.2 Å². The second kappa shape index (κ2) is 7.90. The van der Waals surface area contributed by atoms with E-state index in [9.17, 15) is 9.18 Å². The lowest BCUT2D eigenvalue weighted by Crippen LogP contribution is -2.40. The van der Waals surface area contributed by atoms with E-state index in [0.29, 0.717) is 34.2 Å². The summed E-state index contributed by atoms with van der Waals surface area (Å²) < 4.78 is 13.7. The summed E-state index contributed by atoms with van der Waals surface area (Å²) in [5, 5.41) is 1.08. The van der Waals surface area contributed by atoms with E-state index in [1.165, 1.54) is 12.1 Å². The van der Waals surface area contributed by atoms with Crippen LogP contribution in [0.1, 0.15) is 30.1 Å². The van der Waals surface area contributed by atoms with Gasteiger partial charge < -0.3 is 9.88 Å². The van der Waals surface area contributed by atoms with Gasteiger partial charge in [0.2, 0.25) is 5.91 Å². The quantitative estimate of drug-likeness (QED) is 0.575. The van der Waals surface area contributed by atoms with Gasteiger partial charge in [-0.2, -0.15) is 0 Å². The molecule has 2 aromatic carbocycles. The number of likely N-dealkylation sites (tertiary alicyclic amines) is 1. The average molecular weight is 441 g/mol. The van der Waals surface area contributed by atoms with Crippen molar-refractivity contribution in [2.24, 2.45) is 0 Å². The molecule has 0 saturated carbocycles. The van der Waals surface area contributed by atoms with E-state index in [0.717, 1.165) is 24.2 Å². The third-order valence-corrected chi connectivity index (χ3v) is 5.71. The second-order valence-electron chi connectivity index (χ2n) is 7.04. The molecule has 1 aliphatic heterocycles. The van der Waals surface area contributed by atoms with Crippen molar-refractivity contribution in [3.63, 3.8) is 0 Å². The van der Waals surface area contributed by atoms with Gasteiger partial charge in [-0.25, -0.2) is 9.37 Å². The van der Waals surface area contributed by atoms with Crippen LogP contribution in [0.5, 0.6) is 0 Å². The Hall–Kier alpha value is -1.82. The molecule has 1 N–H and O–H groups in total. The van der Waals surface area contributed by atoms with Gasteiger partial charge in [0.05, 0.1) is 22.5 Å². The Balaban J connectivity index is 1.50. The van der Waals surface area contributed by atoms with Crippen LogP contribution < -0.4 is 0 Å². The molecule has 2 heterocycles. The lowest BCUT2D eigenvalue weighted by molar-refractivity contribution is -0.131. The molecule has 0 bridgehead atoms. The predicted molar refractivity (Wildman–Crippen MR) is 110 cm³/mol. The largest absolute Gasteiger partial charge is 0.342 e. The van der Waals surface area contributed by atoms with Gasteiger partial charge >= 0.3 is 0 Å². The third kappa shape index (κ3) is 4.12. The van der Waals surface area contributed by atoms with Crippen LogP contribution in [0.15, 0.2) is 30.3 Å². The Labute approximate surface area is 176 Å². The molecule has 0 aliphatic carbocycles. The summed E-state index contributed by atoms with van der Waals surface area (Å²) >= 11 is 17.9. The molecule has 4 nitrogen and oxygen atoms in total. The van der Waals surface area contributed by atoms with Gasteiger partial charge in [0.1, 0.15) is 11.6 Å². The number of aromatic nitrogens is 2. The molecule has 8 heteroatoms. The van der Waals surface area contributed by atoms with Gasteiger partial charge in [0, 0.05) is 35.1 Å². The fourth-order valence-electron chi connectivity index (χ4n) is 3.64. The number of nitrogens with zero attached hydrogens (tertiary/aromatic N) is 2. The van der Waals surface area contributed by atoms with Crippen molar-refractivity contribution in [2.75, 3.05) is 13.1 Å². The van der Waals surface area contributed by atoms with Crippen molar-refractivity contribution in [3.8, 4) is 0 Å². The molecule has 1 unspecified atom stereocenters. The highest BCUT2D eigenvalue weighted by atomic mass is 35.5. The lowest BCUT2D eigenvalue weighted by atomic mass is 9.96. The number of hydrogen-bond donors (Lipinski definition) is 1.